The average molecular weight is 480 g/mol. The average Bonchev–Trinajstić information content (AvgIpc) is 3.16. The molecule has 0 aliphatic heterocycles. The van der Waals surface area contributed by atoms with Crippen molar-refractivity contribution in [3.05, 3.63) is 99.3 Å². The number of thioether (sulfide) groups is 1. The van der Waals surface area contributed by atoms with E-state index in [-0.39, 0.29) is 11.3 Å². The first-order chi connectivity index (χ1) is 16.2. The number of hydrogen-bond donors (Lipinski definition) is 1. The Labute approximate surface area is 197 Å². The van der Waals surface area contributed by atoms with Gasteiger partial charge in [-0.2, -0.15) is 13.2 Å². The lowest BCUT2D eigenvalue weighted by Gasteiger charge is -2.14. The van der Waals surface area contributed by atoms with Gasteiger partial charge in [0.2, 0.25) is 0 Å². The zero-order valence-electron chi connectivity index (χ0n) is 18.4. The summed E-state index contributed by atoms with van der Waals surface area (Å²) in [6, 6.07) is 18.6. The molecule has 0 atom stereocenters. The predicted molar refractivity (Wildman–Crippen MR) is 130 cm³/mol. The highest BCUT2D eigenvalue weighted by Crippen LogP contribution is 2.32. The van der Waals surface area contributed by atoms with Crippen LogP contribution >= 0.6 is 11.8 Å². The fraction of sp³-hybridized carbons (Fsp3) is 0.154. The Kier molecular flexibility index (Phi) is 5.48. The quantitative estimate of drug-likeness (QED) is 0.228. The molecule has 1 N–H and O–H groups in total. The topological polar surface area (TPSA) is 50.7 Å². The summed E-state index contributed by atoms with van der Waals surface area (Å²) in [6.45, 7) is 3.90. The summed E-state index contributed by atoms with van der Waals surface area (Å²) in [6.07, 6.45) is -4.41. The van der Waals surface area contributed by atoms with E-state index < -0.39 is 11.7 Å². The maximum absolute atomic E-state index is 13.7. The van der Waals surface area contributed by atoms with Crippen molar-refractivity contribution in [3.63, 3.8) is 0 Å². The number of nitrogens with zero attached hydrogens (tertiary/aromatic N) is 2. The summed E-state index contributed by atoms with van der Waals surface area (Å²) in [5, 5.41) is 1.24. The third-order valence-electron chi connectivity index (χ3n) is 5.58. The molecule has 3 aromatic carbocycles. The molecule has 2 heterocycles. The number of aryl methyl sites for hydroxylation is 2. The van der Waals surface area contributed by atoms with E-state index in [9.17, 15) is 18.0 Å². The zero-order valence-corrected chi connectivity index (χ0v) is 19.2. The number of H-pyrrole nitrogens is 1. The number of aromatic amines is 1. The van der Waals surface area contributed by atoms with Crippen molar-refractivity contribution in [1.82, 2.24) is 14.5 Å². The van der Waals surface area contributed by atoms with Crippen LogP contribution in [0.1, 0.15) is 22.3 Å². The molecule has 0 saturated heterocycles. The molecule has 0 spiro atoms. The zero-order chi connectivity index (χ0) is 24.0. The van der Waals surface area contributed by atoms with Crippen molar-refractivity contribution >= 4 is 33.7 Å². The largest absolute Gasteiger partial charge is 0.416 e. The molecule has 0 unspecified atom stereocenters. The molecular weight excluding hydrogens is 459 g/mol. The molecule has 8 heteroatoms. The number of fused-ring (bicyclic) bond motifs is 3. The molecule has 172 valence electrons. The van der Waals surface area contributed by atoms with E-state index in [2.05, 4.69) is 4.98 Å². The Morgan fingerprint density at radius 1 is 0.971 bits per heavy atom. The van der Waals surface area contributed by atoms with Gasteiger partial charge in [0.1, 0.15) is 11.0 Å². The summed E-state index contributed by atoms with van der Waals surface area (Å²) < 4.78 is 41.0. The SMILES string of the molecule is Cc1cc(C)cc(-n2c(SCc3cccc(C(F)(F)F)c3)nc3c([nH]c4ccccc43)c2=O)c1. The Balaban J connectivity index is 1.67. The fourth-order valence-corrected chi connectivity index (χ4v) is 5.08. The van der Waals surface area contributed by atoms with Gasteiger partial charge in [-0.1, -0.05) is 54.2 Å². The number of nitrogens with one attached hydrogen (secondary N) is 1. The van der Waals surface area contributed by atoms with Crippen LogP contribution in [0.15, 0.2) is 76.7 Å². The second kappa shape index (κ2) is 8.36. The van der Waals surface area contributed by atoms with Crippen molar-refractivity contribution in [2.75, 3.05) is 0 Å². The van der Waals surface area contributed by atoms with Gasteiger partial charge < -0.3 is 4.98 Å². The van der Waals surface area contributed by atoms with Gasteiger partial charge >= 0.3 is 6.18 Å². The lowest BCUT2D eigenvalue weighted by atomic mass is 10.1. The van der Waals surface area contributed by atoms with Crippen molar-refractivity contribution < 1.29 is 13.2 Å². The van der Waals surface area contributed by atoms with Gasteiger partial charge in [-0.25, -0.2) is 4.98 Å². The minimum absolute atomic E-state index is 0.231. The molecule has 0 saturated carbocycles. The smallest absolute Gasteiger partial charge is 0.349 e. The van der Waals surface area contributed by atoms with Gasteiger partial charge in [-0.3, -0.25) is 9.36 Å². The van der Waals surface area contributed by atoms with E-state index in [0.717, 1.165) is 34.2 Å². The maximum atomic E-state index is 13.7. The van der Waals surface area contributed by atoms with Crippen LogP contribution in [0.5, 0.6) is 0 Å². The minimum Gasteiger partial charge on any atom is -0.349 e. The standard InChI is InChI=1S/C26H20F3N3OS/c1-15-10-16(2)12-19(11-15)32-24(33)23-22(20-8-3-4-9-21(20)30-23)31-25(32)34-14-17-6-5-7-18(13-17)26(27,28)29/h3-13,30H,14H2,1-2H3. The molecule has 0 fully saturated rings. The number of hydrogen-bond acceptors (Lipinski definition) is 3. The Hall–Kier alpha value is -3.52. The number of aromatic nitrogens is 3. The van der Waals surface area contributed by atoms with Gasteiger partial charge in [0.25, 0.3) is 5.56 Å². The molecule has 4 nitrogen and oxygen atoms in total. The molecule has 5 aromatic rings. The molecule has 0 aliphatic carbocycles. The second-order valence-corrected chi connectivity index (χ2v) is 9.20. The second-order valence-electron chi connectivity index (χ2n) is 8.26. The summed E-state index contributed by atoms with van der Waals surface area (Å²) in [5.41, 5.74) is 3.95. The van der Waals surface area contributed by atoms with Gasteiger partial charge in [0, 0.05) is 16.7 Å². The molecule has 0 amide bonds. The lowest BCUT2D eigenvalue weighted by molar-refractivity contribution is -0.137. The van der Waals surface area contributed by atoms with E-state index in [1.165, 1.54) is 22.4 Å². The van der Waals surface area contributed by atoms with E-state index in [4.69, 9.17) is 4.98 Å². The Morgan fingerprint density at radius 3 is 2.44 bits per heavy atom. The van der Waals surface area contributed by atoms with Crippen molar-refractivity contribution in [3.8, 4) is 5.69 Å². The molecule has 34 heavy (non-hydrogen) atoms. The molecule has 0 aliphatic rings. The summed E-state index contributed by atoms with van der Waals surface area (Å²) >= 11 is 1.24. The van der Waals surface area contributed by atoms with Gasteiger partial charge in [-0.05, 0) is 54.8 Å². The first-order valence-electron chi connectivity index (χ1n) is 10.6. The Bertz CT molecular complexity index is 1580. The molecule has 5 rings (SSSR count). The first-order valence-corrected chi connectivity index (χ1v) is 11.6. The third kappa shape index (κ3) is 4.09. The van der Waals surface area contributed by atoms with Crippen LogP contribution in [-0.2, 0) is 11.9 Å². The summed E-state index contributed by atoms with van der Waals surface area (Å²) in [4.78, 5) is 21.7. The highest BCUT2D eigenvalue weighted by atomic mass is 32.2. The molecule has 0 radical (unpaired) electrons. The predicted octanol–water partition coefficient (Wildman–Crippen LogP) is 6.79. The third-order valence-corrected chi connectivity index (χ3v) is 6.59. The number of para-hydroxylation sites is 1. The summed E-state index contributed by atoms with van der Waals surface area (Å²) in [5.74, 6) is 0.231. The van der Waals surface area contributed by atoms with Crippen molar-refractivity contribution in [1.29, 1.82) is 0 Å². The van der Waals surface area contributed by atoms with Crippen LogP contribution in [0.25, 0.3) is 27.6 Å². The molecular formula is C26H20F3N3OS. The van der Waals surface area contributed by atoms with E-state index in [0.29, 0.717) is 27.4 Å². The fourth-order valence-electron chi connectivity index (χ4n) is 4.13. The monoisotopic (exact) mass is 479 g/mol. The number of halogens is 3. The van der Waals surface area contributed by atoms with Crippen LogP contribution in [0, 0.1) is 13.8 Å². The minimum atomic E-state index is -4.41. The summed E-state index contributed by atoms with van der Waals surface area (Å²) in [7, 11) is 0. The van der Waals surface area contributed by atoms with Gasteiger partial charge in [0.15, 0.2) is 5.16 Å². The van der Waals surface area contributed by atoms with Crippen LogP contribution < -0.4 is 5.56 Å². The van der Waals surface area contributed by atoms with E-state index >= 15 is 0 Å². The van der Waals surface area contributed by atoms with Crippen molar-refractivity contribution in [2.45, 2.75) is 30.9 Å². The van der Waals surface area contributed by atoms with Crippen LogP contribution in [0.4, 0.5) is 13.2 Å². The maximum Gasteiger partial charge on any atom is 0.416 e. The van der Waals surface area contributed by atoms with Crippen molar-refractivity contribution in [2.24, 2.45) is 0 Å². The van der Waals surface area contributed by atoms with Crippen LogP contribution in [0.3, 0.4) is 0 Å². The highest BCUT2D eigenvalue weighted by Gasteiger charge is 2.30. The van der Waals surface area contributed by atoms with E-state index in [1.54, 1.807) is 6.07 Å². The number of alkyl halides is 3. The normalized spacial score (nSPS) is 12.0. The first kappa shape index (κ1) is 22.3. The van der Waals surface area contributed by atoms with Gasteiger partial charge in [0.05, 0.1) is 11.3 Å². The van der Waals surface area contributed by atoms with Gasteiger partial charge in [-0.15, -0.1) is 0 Å². The molecule has 0 bridgehead atoms. The Morgan fingerprint density at radius 2 is 1.71 bits per heavy atom. The highest BCUT2D eigenvalue weighted by molar-refractivity contribution is 7.98. The lowest BCUT2D eigenvalue weighted by Crippen LogP contribution is -2.22. The number of rotatable bonds is 4. The molecule has 2 aromatic heterocycles. The van der Waals surface area contributed by atoms with Crippen LogP contribution in [-0.4, -0.2) is 14.5 Å². The number of benzene rings is 3. The van der Waals surface area contributed by atoms with Crippen LogP contribution in [0.2, 0.25) is 0 Å². The van der Waals surface area contributed by atoms with E-state index in [1.807, 2.05) is 56.3 Å².